The molecule has 0 N–H and O–H groups in total. The van der Waals surface area contributed by atoms with Gasteiger partial charge in [-0.15, -0.1) is 0 Å². The Labute approximate surface area is 110 Å². The van der Waals surface area contributed by atoms with E-state index in [4.69, 9.17) is 9.47 Å². The molecular formula is C14H26O4. The summed E-state index contributed by atoms with van der Waals surface area (Å²) < 4.78 is 10.1. The van der Waals surface area contributed by atoms with Crippen molar-refractivity contribution in [2.75, 3.05) is 6.61 Å². The zero-order valence-electron chi connectivity index (χ0n) is 11.9. The van der Waals surface area contributed by atoms with Gasteiger partial charge in [0.05, 0.1) is 25.6 Å². The van der Waals surface area contributed by atoms with Crippen molar-refractivity contribution < 1.29 is 19.1 Å². The van der Waals surface area contributed by atoms with Crippen molar-refractivity contribution in [1.29, 1.82) is 0 Å². The van der Waals surface area contributed by atoms with Crippen LogP contribution in [0.3, 0.4) is 0 Å². The quantitative estimate of drug-likeness (QED) is 0.446. The largest absolute Gasteiger partial charge is 0.466 e. The first kappa shape index (κ1) is 16.9. The monoisotopic (exact) mass is 258 g/mol. The Morgan fingerprint density at radius 2 is 1.67 bits per heavy atom. The van der Waals surface area contributed by atoms with Crippen molar-refractivity contribution in [3.05, 3.63) is 0 Å². The number of rotatable bonds is 10. The van der Waals surface area contributed by atoms with Gasteiger partial charge in [0, 0.05) is 0 Å². The molecule has 0 aromatic heterocycles. The molecule has 106 valence electrons. The standard InChI is InChI=1S/C14H26O4/c1-4-6-7-8-11-17-13(15)9-10-14(16)18-12(3)5-2/h12H,4-11H2,1-3H3. The normalized spacial score (nSPS) is 11.9. The molecule has 0 aliphatic rings. The summed E-state index contributed by atoms with van der Waals surface area (Å²) in [5.74, 6) is -0.639. The summed E-state index contributed by atoms with van der Waals surface area (Å²) in [6.07, 6.45) is 5.24. The van der Waals surface area contributed by atoms with Crippen molar-refractivity contribution >= 4 is 11.9 Å². The van der Waals surface area contributed by atoms with Gasteiger partial charge < -0.3 is 9.47 Å². The van der Waals surface area contributed by atoms with Gasteiger partial charge in [0.2, 0.25) is 0 Å². The van der Waals surface area contributed by atoms with Gasteiger partial charge in [0.25, 0.3) is 0 Å². The van der Waals surface area contributed by atoms with Gasteiger partial charge in [-0.1, -0.05) is 33.1 Å². The van der Waals surface area contributed by atoms with E-state index in [0.29, 0.717) is 6.61 Å². The fourth-order valence-electron chi connectivity index (χ4n) is 1.36. The third-order valence-electron chi connectivity index (χ3n) is 2.70. The van der Waals surface area contributed by atoms with Crippen molar-refractivity contribution in [1.82, 2.24) is 0 Å². The summed E-state index contributed by atoms with van der Waals surface area (Å²) in [6.45, 7) is 6.38. The first-order chi connectivity index (χ1) is 8.60. The summed E-state index contributed by atoms with van der Waals surface area (Å²) in [4.78, 5) is 22.6. The Balaban J connectivity index is 3.49. The third kappa shape index (κ3) is 10.1. The van der Waals surface area contributed by atoms with E-state index >= 15 is 0 Å². The maximum Gasteiger partial charge on any atom is 0.306 e. The average Bonchev–Trinajstić information content (AvgIpc) is 2.36. The molecule has 0 heterocycles. The van der Waals surface area contributed by atoms with Gasteiger partial charge in [-0.3, -0.25) is 9.59 Å². The predicted molar refractivity (Wildman–Crippen MR) is 70.2 cm³/mol. The Kier molecular flexibility index (Phi) is 10.4. The Morgan fingerprint density at radius 1 is 1.00 bits per heavy atom. The fourth-order valence-corrected chi connectivity index (χ4v) is 1.36. The highest BCUT2D eigenvalue weighted by Crippen LogP contribution is 2.03. The van der Waals surface area contributed by atoms with Crippen LogP contribution in [0.25, 0.3) is 0 Å². The minimum Gasteiger partial charge on any atom is -0.466 e. The van der Waals surface area contributed by atoms with Gasteiger partial charge in [0.15, 0.2) is 0 Å². The van der Waals surface area contributed by atoms with Crippen LogP contribution in [0.2, 0.25) is 0 Å². The first-order valence-electron chi connectivity index (χ1n) is 6.95. The van der Waals surface area contributed by atoms with Gasteiger partial charge in [-0.2, -0.15) is 0 Å². The molecule has 0 aliphatic heterocycles. The summed E-state index contributed by atoms with van der Waals surface area (Å²) in [5.41, 5.74) is 0. The zero-order chi connectivity index (χ0) is 13.8. The smallest absolute Gasteiger partial charge is 0.306 e. The Bertz CT molecular complexity index is 238. The first-order valence-corrected chi connectivity index (χ1v) is 6.95. The van der Waals surface area contributed by atoms with Gasteiger partial charge in [0.1, 0.15) is 0 Å². The molecule has 0 fully saturated rings. The van der Waals surface area contributed by atoms with E-state index in [2.05, 4.69) is 6.92 Å². The average molecular weight is 258 g/mol. The maximum absolute atomic E-state index is 11.3. The van der Waals surface area contributed by atoms with Crippen molar-refractivity contribution in [3.8, 4) is 0 Å². The topological polar surface area (TPSA) is 52.6 Å². The van der Waals surface area contributed by atoms with Crippen LogP contribution in [0, 0.1) is 0 Å². The van der Waals surface area contributed by atoms with Crippen LogP contribution in [0.5, 0.6) is 0 Å². The molecule has 0 bridgehead atoms. The highest BCUT2D eigenvalue weighted by Gasteiger charge is 2.11. The maximum atomic E-state index is 11.3. The molecule has 0 spiro atoms. The summed E-state index contributed by atoms with van der Waals surface area (Å²) in [5, 5.41) is 0. The number of carbonyl (C=O) groups is 2. The number of hydrogen-bond acceptors (Lipinski definition) is 4. The summed E-state index contributed by atoms with van der Waals surface area (Å²) in [7, 11) is 0. The zero-order valence-corrected chi connectivity index (χ0v) is 11.9. The number of unbranched alkanes of at least 4 members (excludes halogenated alkanes) is 3. The van der Waals surface area contributed by atoms with E-state index in [1.807, 2.05) is 13.8 Å². The van der Waals surface area contributed by atoms with E-state index < -0.39 is 0 Å². The molecule has 18 heavy (non-hydrogen) atoms. The molecule has 1 atom stereocenters. The van der Waals surface area contributed by atoms with Crippen molar-refractivity contribution in [2.24, 2.45) is 0 Å². The van der Waals surface area contributed by atoms with Crippen LogP contribution < -0.4 is 0 Å². The molecule has 0 aromatic carbocycles. The lowest BCUT2D eigenvalue weighted by molar-refractivity contribution is -0.153. The minimum absolute atomic E-state index is 0.0810. The van der Waals surface area contributed by atoms with E-state index in [0.717, 1.165) is 25.7 Å². The molecule has 0 amide bonds. The van der Waals surface area contributed by atoms with E-state index in [1.54, 1.807) is 0 Å². The van der Waals surface area contributed by atoms with E-state index in [-0.39, 0.29) is 30.9 Å². The molecule has 0 saturated carbocycles. The van der Waals surface area contributed by atoms with Crippen LogP contribution in [-0.4, -0.2) is 24.6 Å². The van der Waals surface area contributed by atoms with Crippen LogP contribution in [0.4, 0.5) is 0 Å². The SMILES string of the molecule is CCCCCCOC(=O)CCC(=O)OC(C)CC. The lowest BCUT2D eigenvalue weighted by Gasteiger charge is -2.10. The second-order valence-corrected chi connectivity index (χ2v) is 4.49. The second kappa shape index (κ2) is 11.1. The minimum atomic E-state index is -0.327. The lowest BCUT2D eigenvalue weighted by atomic mass is 10.2. The van der Waals surface area contributed by atoms with Gasteiger partial charge in [-0.05, 0) is 19.8 Å². The molecule has 4 nitrogen and oxygen atoms in total. The van der Waals surface area contributed by atoms with Gasteiger partial charge >= 0.3 is 11.9 Å². The molecule has 1 unspecified atom stereocenters. The molecular weight excluding hydrogens is 232 g/mol. The van der Waals surface area contributed by atoms with Crippen molar-refractivity contribution in [2.45, 2.75) is 71.8 Å². The number of ether oxygens (including phenoxy) is 2. The molecule has 0 aromatic rings. The summed E-state index contributed by atoms with van der Waals surface area (Å²) in [6, 6.07) is 0. The number of esters is 2. The molecule has 0 aliphatic carbocycles. The van der Waals surface area contributed by atoms with Crippen molar-refractivity contribution in [3.63, 3.8) is 0 Å². The fraction of sp³-hybridized carbons (Fsp3) is 0.857. The van der Waals surface area contributed by atoms with Crippen LogP contribution in [-0.2, 0) is 19.1 Å². The highest BCUT2D eigenvalue weighted by molar-refractivity contribution is 5.77. The molecule has 4 heteroatoms. The third-order valence-corrected chi connectivity index (χ3v) is 2.70. The number of hydrogen-bond donors (Lipinski definition) is 0. The van der Waals surface area contributed by atoms with Gasteiger partial charge in [-0.25, -0.2) is 0 Å². The predicted octanol–water partition coefficient (Wildman–Crippen LogP) is 3.23. The number of carbonyl (C=O) groups excluding carboxylic acids is 2. The molecule has 0 rings (SSSR count). The van der Waals surface area contributed by atoms with Crippen LogP contribution >= 0.6 is 0 Å². The molecule has 0 saturated heterocycles. The van der Waals surface area contributed by atoms with Crippen LogP contribution in [0.1, 0.15) is 65.7 Å². The second-order valence-electron chi connectivity index (χ2n) is 4.49. The van der Waals surface area contributed by atoms with E-state index in [1.165, 1.54) is 6.42 Å². The highest BCUT2D eigenvalue weighted by atomic mass is 16.5. The Morgan fingerprint density at radius 3 is 2.28 bits per heavy atom. The summed E-state index contributed by atoms with van der Waals surface area (Å²) >= 11 is 0. The Hall–Kier alpha value is -1.06. The van der Waals surface area contributed by atoms with Crippen LogP contribution in [0.15, 0.2) is 0 Å². The molecule has 0 radical (unpaired) electrons. The lowest BCUT2D eigenvalue weighted by Crippen LogP contribution is -2.15. The van der Waals surface area contributed by atoms with E-state index in [9.17, 15) is 9.59 Å².